The Morgan fingerprint density at radius 3 is 2.32 bits per heavy atom. The average Bonchev–Trinajstić information content (AvgIpc) is 2.67. The van der Waals surface area contributed by atoms with E-state index < -0.39 is 11.7 Å². The number of alkyl halides is 3. The van der Waals surface area contributed by atoms with Crippen molar-refractivity contribution in [1.82, 2.24) is 10.2 Å². The van der Waals surface area contributed by atoms with E-state index in [1.807, 2.05) is 4.90 Å². The highest BCUT2D eigenvalue weighted by Crippen LogP contribution is 2.36. The molecule has 0 unspecified atom stereocenters. The molecule has 0 aromatic heterocycles. The lowest BCUT2D eigenvalue weighted by Crippen LogP contribution is -2.47. The van der Waals surface area contributed by atoms with Crippen molar-refractivity contribution in [2.45, 2.75) is 51.2 Å². The number of nitrogens with one attached hydrogen (secondary N) is 1. The third-order valence-electron chi connectivity index (χ3n) is 6.03. The fraction of sp³-hybridized carbons (Fsp3) is 0.667. The molecule has 2 aliphatic rings. The summed E-state index contributed by atoms with van der Waals surface area (Å²) in [7, 11) is 0. The zero-order valence-corrected chi connectivity index (χ0v) is 16.5. The van der Waals surface area contributed by atoms with Crippen LogP contribution in [0.15, 0.2) is 24.3 Å². The van der Waals surface area contributed by atoms with Crippen molar-refractivity contribution in [1.29, 1.82) is 0 Å². The van der Waals surface area contributed by atoms with E-state index >= 15 is 0 Å². The van der Waals surface area contributed by atoms with Gasteiger partial charge in [0.1, 0.15) is 0 Å². The predicted octanol–water partition coefficient (Wildman–Crippen LogP) is 3.91. The first-order valence-corrected chi connectivity index (χ1v) is 10.2. The molecule has 1 amide bonds. The van der Waals surface area contributed by atoms with Crippen LogP contribution in [-0.2, 0) is 11.0 Å². The van der Waals surface area contributed by atoms with E-state index in [4.69, 9.17) is 0 Å². The van der Waals surface area contributed by atoms with Crippen molar-refractivity contribution < 1.29 is 18.0 Å². The Kier molecular flexibility index (Phi) is 6.86. The number of carbonyl (C=O) groups is 1. The van der Waals surface area contributed by atoms with E-state index in [-0.39, 0.29) is 5.91 Å². The van der Waals surface area contributed by atoms with Gasteiger partial charge in [0.25, 0.3) is 0 Å². The minimum Gasteiger partial charge on any atom is -0.368 e. The van der Waals surface area contributed by atoms with Crippen LogP contribution in [0, 0.1) is 5.92 Å². The third-order valence-corrected chi connectivity index (χ3v) is 6.03. The minimum absolute atomic E-state index is 0.0495. The van der Waals surface area contributed by atoms with Crippen LogP contribution in [0.4, 0.5) is 18.9 Å². The number of amides is 1. The predicted molar refractivity (Wildman–Crippen MR) is 104 cm³/mol. The fourth-order valence-electron chi connectivity index (χ4n) is 4.45. The molecule has 1 saturated heterocycles. The molecule has 1 aromatic rings. The summed E-state index contributed by atoms with van der Waals surface area (Å²) in [6.07, 6.45) is 1.20. The van der Waals surface area contributed by atoms with Crippen LogP contribution in [0.2, 0.25) is 0 Å². The SMILES string of the molecule is CC(=O)NC1CCC(CCN2CCN(c3ccccc3C(F)(F)F)CC2)CC1. The average molecular weight is 397 g/mol. The van der Waals surface area contributed by atoms with Gasteiger partial charge in [0.05, 0.1) is 5.56 Å². The minimum atomic E-state index is -4.32. The first kappa shape index (κ1) is 21.0. The molecule has 0 spiro atoms. The van der Waals surface area contributed by atoms with Gasteiger partial charge in [-0.1, -0.05) is 12.1 Å². The van der Waals surface area contributed by atoms with Gasteiger partial charge in [-0.25, -0.2) is 0 Å². The highest BCUT2D eigenvalue weighted by molar-refractivity contribution is 5.73. The Labute approximate surface area is 165 Å². The van der Waals surface area contributed by atoms with Crippen LogP contribution in [0.3, 0.4) is 0 Å². The molecule has 1 heterocycles. The summed E-state index contributed by atoms with van der Waals surface area (Å²) in [6, 6.07) is 6.19. The van der Waals surface area contributed by atoms with Gasteiger partial charge in [-0.2, -0.15) is 13.2 Å². The van der Waals surface area contributed by atoms with Gasteiger partial charge in [0, 0.05) is 44.8 Å². The van der Waals surface area contributed by atoms with Crippen molar-refractivity contribution in [2.75, 3.05) is 37.6 Å². The fourth-order valence-corrected chi connectivity index (χ4v) is 4.45. The number of benzene rings is 1. The number of hydrogen-bond acceptors (Lipinski definition) is 3. The van der Waals surface area contributed by atoms with Crippen molar-refractivity contribution in [2.24, 2.45) is 5.92 Å². The number of piperazine rings is 1. The van der Waals surface area contributed by atoms with Crippen molar-refractivity contribution in [3.63, 3.8) is 0 Å². The van der Waals surface area contributed by atoms with Crippen molar-refractivity contribution >= 4 is 11.6 Å². The molecule has 3 rings (SSSR count). The van der Waals surface area contributed by atoms with Crippen LogP contribution in [0.25, 0.3) is 0 Å². The first-order chi connectivity index (χ1) is 13.3. The van der Waals surface area contributed by atoms with Crippen LogP contribution in [0.1, 0.15) is 44.6 Å². The van der Waals surface area contributed by atoms with Crippen LogP contribution in [0.5, 0.6) is 0 Å². The Balaban J connectivity index is 1.43. The molecule has 0 atom stereocenters. The Hall–Kier alpha value is -1.76. The number of halogens is 3. The summed E-state index contributed by atoms with van der Waals surface area (Å²) in [5.74, 6) is 0.738. The molecule has 1 N–H and O–H groups in total. The number of nitrogens with zero attached hydrogens (tertiary/aromatic N) is 2. The van der Waals surface area contributed by atoms with Crippen LogP contribution < -0.4 is 10.2 Å². The van der Waals surface area contributed by atoms with Crippen LogP contribution in [-0.4, -0.2) is 49.6 Å². The second-order valence-corrected chi connectivity index (χ2v) is 8.05. The number of anilines is 1. The van der Waals surface area contributed by atoms with E-state index in [9.17, 15) is 18.0 Å². The standard InChI is InChI=1S/C21H30F3N3O/c1-16(28)25-18-8-6-17(7-9-18)10-11-26-12-14-27(15-13-26)20-5-3-2-4-19(20)21(22,23)24/h2-5,17-18H,6-15H2,1H3,(H,25,28). The summed E-state index contributed by atoms with van der Waals surface area (Å²) >= 11 is 0. The third kappa shape index (κ3) is 5.63. The molecule has 0 radical (unpaired) electrons. The molecule has 0 bridgehead atoms. The number of para-hydroxylation sites is 1. The van der Waals surface area contributed by atoms with E-state index in [1.165, 1.54) is 12.1 Å². The van der Waals surface area contributed by atoms with Gasteiger partial charge < -0.3 is 10.2 Å². The van der Waals surface area contributed by atoms with E-state index in [2.05, 4.69) is 10.2 Å². The molecule has 7 heteroatoms. The largest absolute Gasteiger partial charge is 0.418 e. The summed E-state index contributed by atoms with van der Waals surface area (Å²) in [4.78, 5) is 15.4. The maximum absolute atomic E-state index is 13.2. The van der Waals surface area contributed by atoms with Gasteiger partial charge in [-0.3, -0.25) is 9.69 Å². The zero-order chi connectivity index (χ0) is 20.1. The molecule has 4 nitrogen and oxygen atoms in total. The Morgan fingerprint density at radius 1 is 1.07 bits per heavy atom. The van der Waals surface area contributed by atoms with Crippen LogP contribution >= 0.6 is 0 Å². The lowest BCUT2D eigenvalue weighted by atomic mass is 9.84. The van der Waals surface area contributed by atoms with E-state index in [0.29, 0.717) is 30.7 Å². The second-order valence-electron chi connectivity index (χ2n) is 8.05. The van der Waals surface area contributed by atoms with Crippen molar-refractivity contribution in [3.05, 3.63) is 29.8 Å². The molecular weight excluding hydrogens is 367 g/mol. The summed E-state index contributed by atoms with van der Waals surface area (Å²) in [5, 5.41) is 3.01. The number of rotatable bonds is 5. The smallest absolute Gasteiger partial charge is 0.368 e. The lowest BCUT2D eigenvalue weighted by Gasteiger charge is -2.38. The lowest BCUT2D eigenvalue weighted by molar-refractivity contribution is -0.137. The van der Waals surface area contributed by atoms with Crippen molar-refractivity contribution in [3.8, 4) is 0 Å². The number of hydrogen-bond donors (Lipinski definition) is 1. The van der Waals surface area contributed by atoms with Gasteiger partial charge >= 0.3 is 6.18 Å². The molecule has 1 aromatic carbocycles. The molecule has 156 valence electrons. The molecule has 2 fully saturated rings. The van der Waals surface area contributed by atoms with Gasteiger partial charge in [-0.05, 0) is 56.7 Å². The number of carbonyl (C=O) groups excluding carboxylic acids is 1. The van der Waals surface area contributed by atoms with E-state index in [0.717, 1.165) is 51.7 Å². The molecule has 28 heavy (non-hydrogen) atoms. The summed E-state index contributed by atoms with van der Waals surface area (Å²) < 4.78 is 39.7. The molecule has 1 saturated carbocycles. The zero-order valence-electron chi connectivity index (χ0n) is 16.5. The van der Waals surface area contributed by atoms with Gasteiger partial charge in [0.2, 0.25) is 5.91 Å². The highest BCUT2D eigenvalue weighted by Gasteiger charge is 2.35. The Bertz CT molecular complexity index is 649. The molecule has 1 aliphatic carbocycles. The maximum atomic E-state index is 13.2. The molecular formula is C21H30F3N3O. The topological polar surface area (TPSA) is 35.6 Å². The maximum Gasteiger partial charge on any atom is 0.418 e. The first-order valence-electron chi connectivity index (χ1n) is 10.2. The second kappa shape index (κ2) is 9.16. The van der Waals surface area contributed by atoms with Gasteiger partial charge in [-0.15, -0.1) is 0 Å². The summed E-state index contributed by atoms with van der Waals surface area (Å²) in [6.45, 7) is 5.43. The van der Waals surface area contributed by atoms with E-state index in [1.54, 1.807) is 19.1 Å². The monoisotopic (exact) mass is 397 g/mol. The quantitative estimate of drug-likeness (QED) is 0.818. The Morgan fingerprint density at radius 2 is 1.71 bits per heavy atom. The summed E-state index contributed by atoms with van der Waals surface area (Å²) in [5.41, 5.74) is -0.245. The van der Waals surface area contributed by atoms with Gasteiger partial charge in [0.15, 0.2) is 0 Å². The molecule has 1 aliphatic heterocycles. The highest BCUT2D eigenvalue weighted by atomic mass is 19.4. The normalized spacial score (nSPS) is 24.2.